The molecule has 1 atom stereocenters. The molecule has 0 spiro atoms. The average Bonchev–Trinajstić information content (AvgIpc) is 2.72. The summed E-state index contributed by atoms with van der Waals surface area (Å²) >= 11 is 0. The van der Waals surface area contributed by atoms with Gasteiger partial charge in [0.15, 0.2) is 0 Å². The third-order valence-corrected chi connectivity index (χ3v) is 4.62. The number of methoxy groups -OCH3 is 2. The summed E-state index contributed by atoms with van der Waals surface area (Å²) in [4.78, 5) is 36.7. The Morgan fingerprint density at radius 2 is 1.52 bits per heavy atom. The molecule has 2 aromatic carbocycles. The van der Waals surface area contributed by atoms with Crippen molar-refractivity contribution in [2.45, 2.75) is 33.1 Å². The second-order valence-corrected chi connectivity index (χ2v) is 7.29. The van der Waals surface area contributed by atoms with Gasteiger partial charge in [-0.1, -0.05) is 38.1 Å². The van der Waals surface area contributed by atoms with Crippen LogP contribution >= 0.6 is 0 Å². The lowest BCUT2D eigenvalue weighted by molar-refractivity contribution is -0.117. The van der Waals surface area contributed by atoms with Crippen molar-refractivity contribution in [1.29, 1.82) is 0 Å². The predicted octanol–water partition coefficient (Wildman–Crippen LogP) is 4.20. The third-order valence-electron chi connectivity index (χ3n) is 4.62. The zero-order valence-corrected chi connectivity index (χ0v) is 17.4. The molecule has 0 saturated carbocycles. The standard InChI is InChI=1S/C23H27NO5/c1-14(2)12-16-6-8-17(9-7-16)15(3)21(25)24-20-13-18(22(26)28-4)10-11-19(20)23(27)29-5/h6-11,13-15H,12H2,1-5H3,(H,24,25)/t15-/m0/s1. The summed E-state index contributed by atoms with van der Waals surface area (Å²) in [7, 11) is 2.52. The third kappa shape index (κ3) is 5.67. The second kappa shape index (κ2) is 9.87. The van der Waals surface area contributed by atoms with Crippen molar-refractivity contribution in [2.75, 3.05) is 19.5 Å². The number of amides is 1. The van der Waals surface area contributed by atoms with Crippen molar-refractivity contribution in [3.8, 4) is 0 Å². The van der Waals surface area contributed by atoms with Gasteiger partial charge in [-0.15, -0.1) is 0 Å². The van der Waals surface area contributed by atoms with Crippen molar-refractivity contribution < 1.29 is 23.9 Å². The van der Waals surface area contributed by atoms with Gasteiger partial charge in [-0.3, -0.25) is 4.79 Å². The van der Waals surface area contributed by atoms with Crippen molar-refractivity contribution >= 4 is 23.5 Å². The van der Waals surface area contributed by atoms with Crippen LogP contribution in [-0.2, 0) is 20.7 Å². The zero-order valence-electron chi connectivity index (χ0n) is 17.4. The minimum Gasteiger partial charge on any atom is -0.465 e. The number of esters is 2. The van der Waals surface area contributed by atoms with Gasteiger partial charge in [-0.05, 0) is 48.6 Å². The van der Waals surface area contributed by atoms with Crippen LogP contribution in [0.1, 0.15) is 58.5 Å². The van der Waals surface area contributed by atoms with Crippen LogP contribution in [0.15, 0.2) is 42.5 Å². The highest BCUT2D eigenvalue weighted by atomic mass is 16.5. The van der Waals surface area contributed by atoms with Crippen LogP contribution in [0.2, 0.25) is 0 Å². The van der Waals surface area contributed by atoms with Gasteiger partial charge in [0.05, 0.1) is 37.0 Å². The molecule has 1 N–H and O–H groups in total. The largest absolute Gasteiger partial charge is 0.465 e. The minimum atomic E-state index is -0.609. The Labute approximate surface area is 171 Å². The lowest BCUT2D eigenvalue weighted by Gasteiger charge is -2.16. The van der Waals surface area contributed by atoms with Crippen molar-refractivity contribution in [3.05, 3.63) is 64.7 Å². The Morgan fingerprint density at radius 1 is 0.897 bits per heavy atom. The molecule has 0 unspecified atom stereocenters. The van der Waals surface area contributed by atoms with E-state index in [1.807, 2.05) is 24.3 Å². The molecule has 154 valence electrons. The molecule has 0 aromatic heterocycles. The fourth-order valence-electron chi connectivity index (χ4n) is 2.99. The van der Waals surface area contributed by atoms with E-state index in [2.05, 4.69) is 19.2 Å². The number of ether oxygens (including phenoxy) is 2. The molecular weight excluding hydrogens is 370 g/mol. The Kier molecular flexibility index (Phi) is 7.53. The molecule has 2 aromatic rings. The molecule has 0 fully saturated rings. The number of anilines is 1. The van der Waals surface area contributed by atoms with Gasteiger partial charge >= 0.3 is 11.9 Å². The van der Waals surface area contributed by atoms with Crippen LogP contribution in [0.25, 0.3) is 0 Å². The predicted molar refractivity (Wildman–Crippen MR) is 111 cm³/mol. The molecule has 29 heavy (non-hydrogen) atoms. The van der Waals surface area contributed by atoms with E-state index in [9.17, 15) is 14.4 Å². The number of carbonyl (C=O) groups is 3. The fourth-order valence-corrected chi connectivity index (χ4v) is 2.99. The van der Waals surface area contributed by atoms with E-state index in [0.717, 1.165) is 12.0 Å². The van der Waals surface area contributed by atoms with Gasteiger partial charge in [0, 0.05) is 0 Å². The summed E-state index contributed by atoms with van der Waals surface area (Å²) in [6.07, 6.45) is 0.976. The molecule has 0 aliphatic heterocycles. The van der Waals surface area contributed by atoms with E-state index in [4.69, 9.17) is 9.47 Å². The summed E-state index contributed by atoms with van der Waals surface area (Å²) in [5.74, 6) is -1.36. The SMILES string of the molecule is COC(=O)c1ccc(C(=O)OC)c(NC(=O)[C@@H](C)c2ccc(CC(C)C)cc2)c1. The highest BCUT2D eigenvalue weighted by molar-refractivity contribution is 6.04. The van der Waals surface area contributed by atoms with Crippen molar-refractivity contribution in [2.24, 2.45) is 5.92 Å². The number of hydrogen-bond acceptors (Lipinski definition) is 5. The Balaban J connectivity index is 2.25. The summed E-state index contributed by atoms with van der Waals surface area (Å²) in [5, 5.41) is 2.74. The van der Waals surface area contributed by atoms with Gasteiger partial charge in [-0.25, -0.2) is 9.59 Å². The van der Waals surface area contributed by atoms with Crippen LogP contribution in [0.4, 0.5) is 5.69 Å². The number of rotatable bonds is 7. The van der Waals surface area contributed by atoms with Crippen LogP contribution < -0.4 is 5.32 Å². The number of nitrogens with one attached hydrogen (secondary N) is 1. The van der Waals surface area contributed by atoms with E-state index >= 15 is 0 Å². The van der Waals surface area contributed by atoms with Crippen LogP contribution in [0, 0.1) is 5.92 Å². The smallest absolute Gasteiger partial charge is 0.339 e. The summed E-state index contributed by atoms with van der Waals surface area (Å²) in [6, 6.07) is 12.2. The molecule has 0 bridgehead atoms. The molecule has 6 nitrogen and oxygen atoms in total. The Morgan fingerprint density at radius 3 is 2.07 bits per heavy atom. The van der Waals surface area contributed by atoms with E-state index in [1.165, 1.54) is 38.0 Å². The highest BCUT2D eigenvalue weighted by Gasteiger charge is 2.21. The maximum Gasteiger partial charge on any atom is 0.339 e. The van der Waals surface area contributed by atoms with Crippen molar-refractivity contribution in [3.63, 3.8) is 0 Å². The summed E-state index contributed by atoms with van der Waals surface area (Å²) < 4.78 is 9.48. The lowest BCUT2D eigenvalue weighted by atomic mass is 9.96. The molecule has 0 aliphatic carbocycles. The van der Waals surface area contributed by atoms with Crippen molar-refractivity contribution in [1.82, 2.24) is 0 Å². The first-order valence-electron chi connectivity index (χ1n) is 9.47. The van der Waals surface area contributed by atoms with Gasteiger partial charge < -0.3 is 14.8 Å². The maximum absolute atomic E-state index is 12.8. The van der Waals surface area contributed by atoms with E-state index in [0.29, 0.717) is 5.92 Å². The quantitative estimate of drug-likeness (QED) is 0.708. The Bertz CT molecular complexity index is 887. The first-order valence-corrected chi connectivity index (χ1v) is 9.47. The number of carbonyl (C=O) groups excluding carboxylic acids is 3. The summed E-state index contributed by atoms with van der Waals surface area (Å²) in [6.45, 7) is 6.10. The monoisotopic (exact) mass is 397 g/mol. The van der Waals surface area contributed by atoms with E-state index in [1.54, 1.807) is 6.92 Å². The molecule has 0 radical (unpaired) electrons. The first-order chi connectivity index (χ1) is 13.8. The number of hydrogen-bond donors (Lipinski definition) is 1. The zero-order chi connectivity index (χ0) is 21.6. The topological polar surface area (TPSA) is 81.7 Å². The number of benzene rings is 2. The van der Waals surface area contributed by atoms with Crippen LogP contribution in [0.3, 0.4) is 0 Å². The average molecular weight is 397 g/mol. The molecule has 2 rings (SSSR count). The summed E-state index contributed by atoms with van der Waals surface area (Å²) in [5.41, 5.74) is 2.66. The normalized spacial score (nSPS) is 11.7. The maximum atomic E-state index is 12.8. The van der Waals surface area contributed by atoms with E-state index in [-0.39, 0.29) is 22.7 Å². The Hall–Kier alpha value is -3.15. The van der Waals surface area contributed by atoms with Gasteiger partial charge in [-0.2, -0.15) is 0 Å². The molecule has 0 heterocycles. The van der Waals surface area contributed by atoms with Gasteiger partial charge in [0.2, 0.25) is 5.91 Å². The first kappa shape index (κ1) is 22.1. The van der Waals surface area contributed by atoms with Gasteiger partial charge in [0.1, 0.15) is 0 Å². The van der Waals surface area contributed by atoms with E-state index < -0.39 is 17.9 Å². The molecular formula is C23H27NO5. The molecule has 6 heteroatoms. The molecule has 1 amide bonds. The van der Waals surface area contributed by atoms with Crippen LogP contribution in [-0.4, -0.2) is 32.1 Å². The second-order valence-electron chi connectivity index (χ2n) is 7.29. The minimum absolute atomic E-state index is 0.160. The fraction of sp³-hybridized carbons (Fsp3) is 0.348. The molecule has 0 saturated heterocycles. The van der Waals surface area contributed by atoms with Gasteiger partial charge in [0.25, 0.3) is 0 Å². The molecule has 0 aliphatic rings. The highest BCUT2D eigenvalue weighted by Crippen LogP contribution is 2.23. The van der Waals surface area contributed by atoms with Crippen LogP contribution in [0.5, 0.6) is 0 Å². The lowest BCUT2D eigenvalue weighted by Crippen LogP contribution is -2.21.